The standard InChI is InChI=1S/C16H12I2N4O2/c17-13-5-1-3-11(7-13)9-19-21-15(23)16(24)22-20-10-12-4-2-6-14(18)8-12/h1-10H,(H,21,23)(H,22,24)/b19-9-,20-10-. The molecule has 0 atom stereocenters. The van der Waals surface area contributed by atoms with Gasteiger partial charge in [-0.3, -0.25) is 9.59 Å². The zero-order chi connectivity index (χ0) is 17.4. The third-order valence-corrected chi connectivity index (χ3v) is 4.00. The summed E-state index contributed by atoms with van der Waals surface area (Å²) < 4.78 is 2.09. The zero-order valence-corrected chi connectivity index (χ0v) is 16.6. The second-order valence-corrected chi connectivity index (χ2v) is 7.00. The van der Waals surface area contributed by atoms with Crippen molar-refractivity contribution < 1.29 is 9.59 Å². The molecule has 2 N–H and O–H groups in total. The van der Waals surface area contributed by atoms with Gasteiger partial charge in [-0.25, -0.2) is 10.9 Å². The van der Waals surface area contributed by atoms with Crippen LogP contribution in [0.2, 0.25) is 0 Å². The number of hydrazone groups is 2. The smallest absolute Gasteiger partial charge is 0.262 e. The van der Waals surface area contributed by atoms with Gasteiger partial charge in [-0.05, 0) is 80.6 Å². The van der Waals surface area contributed by atoms with E-state index in [1.54, 1.807) is 0 Å². The molecule has 0 aliphatic heterocycles. The molecular formula is C16H12I2N4O2. The Kier molecular flexibility index (Phi) is 7.31. The maximum atomic E-state index is 11.6. The molecule has 2 amide bonds. The van der Waals surface area contributed by atoms with E-state index in [4.69, 9.17) is 0 Å². The van der Waals surface area contributed by atoms with Crippen LogP contribution in [0.3, 0.4) is 0 Å². The van der Waals surface area contributed by atoms with Gasteiger partial charge in [-0.1, -0.05) is 24.3 Å². The van der Waals surface area contributed by atoms with Crippen molar-refractivity contribution in [1.82, 2.24) is 10.9 Å². The van der Waals surface area contributed by atoms with Crippen molar-refractivity contribution in [2.24, 2.45) is 10.2 Å². The first kappa shape index (κ1) is 18.5. The van der Waals surface area contributed by atoms with Crippen LogP contribution in [-0.4, -0.2) is 24.2 Å². The molecule has 0 fully saturated rings. The molecule has 0 aliphatic rings. The van der Waals surface area contributed by atoms with Crippen molar-refractivity contribution in [3.05, 3.63) is 66.8 Å². The number of hydrogen-bond acceptors (Lipinski definition) is 4. The normalized spacial score (nSPS) is 10.9. The Hall–Kier alpha value is -1.82. The van der Waals surface area contributed by atoms with Gasteiger partial charge in [0.2, 0.25) is 0 Å². The van der Waals surface area contributed by atoms with E-state index in [-0.39, 0.29) is 0 Å². The quantitative estimate of drug-likeness (QED) is 0.268. The fourth-order valence-corrected chi connectivity index (χ4v) is 2.74. The van der Waals surface area contributed by atoms with E-state index >= 15 is 0 Å². The van der Waals surface area contributed by atoms with Crippen LogP contribution in [0.15, 0.2) is 58.7 Å². The molecule has 122 valence electrons. The number of nitrogens with zero attached hydrogens (tertiary/aromatic N) is 2. The Balaban J connectivity index is 1.83. The average Bonchev–Trinajstić information content (AvgIpc) is 2.55. The minimum atomic E-state index is -0.892. The lowest BCUT2D eigenvalue weighted by Gasteiger charge is -1.99. The van der Waals surface area contributed by atoms with Crippen LogP contribution in [0.4, 0.5) is 0 Å². The van der Waals surface area contributed by atoms with E-state index in [0.717, 1.165) is 18.3 Å². The van der Waals surface area contributed by atoms with Gasteiger partial charge >= 0.3 is 11.8 Å². The summed E-state index contributed by atoms with van der Waals surface area (Å²) in [4.78, 5) is 23.2. The van der Waals surface area contributed by atoms with Gasteiger partial charge in [0.25, 0.3) is 0 Å². The van der Waals surface area contributed by atoms with Gasteiger partial charge in [0.15, 0.2) is 0 Å². The van der Waals surface area contributed by atoms with Crippen molar-refractivity contribution in [2.45, 2.75) is 0 Å². The highest BCUT2D eigenvalue weighted by molar-refractivity contribution is 14.1. The number of rotatable bonds is 4. The molecule has 2 aromatic carbocycles. The largest absolute Gasteiger partial charge is 0.331 e. The lowest BCUT2D eigenvalue weighted by Crippen LogP contribution is -2.35. The molecule has 0 unspecified atom stereocenters. The molecule has 6 nitrogen and oxygen atoms in total. The molecule has 0 saturated heterocycles. The maximum Gasteiger partial charge on any atom is 0.331 e. The summed E-state index contributed by atoms with van der Waals surface area (Å²) in [6.07, 6.45) is 2.92. The Bertz CT molecular complexity index is 739. The number of amides is 2. The molecule has 0 radical (unpaired) electrons. The predicted molar refractivity (Wildman–Crippen MR) is 110 cm³/mol. The summed E-state index contributed by atoms with van der Waals surface area (Å²) in [6.45, 7) is 0. The number of hydrogen-bond donors (Lipinski definition) is 2. The minimum absolute atomic E-state index is 0.819. The van der Waals surface area contributed by atoms with Crippen LogP contribution < -0.4 is 10.9 Å². The molecule has 0 bridgehead atoms. The summed E-state index contributed by atoms with van der Waals surface area (Å²) in [5.41, 5.74) is 5.94. The molecule has 0 aromatic heterocycles. The molecule has 0 spiro atoms. The summed E-state index contributed by atoms with van der Waals surface area (Å²) in [5, 5.41) is 7.48. The third-order valence-electron chi connectivity index (χ3n) is 2.66. The first-order valence-corrected chi connectivity index (χ1v) is 8.88. The average molecular weight is 546 g/mol. The Labute approximate surface area is 166 Å². The molecule has 0 heterocycles. The van der Waals surface area contributed by atoms with Crippen molar-refractivity contribution in [1.29, 1.82) is 0 Å². The molecule has 2 aromatic rings. The summed E-state index contributed by atoms with van der Waals surface area (Å²) in [6, 6.07) is 15.1. The highest BCUT2D eigenvalue weighted by atomic mass is 127. The minimum Gasteiger partial charge on any atom is -0.262 e. The molecule has 0 aliphatic carbocycles. The second-order valence-electron chi connectivity index (χ2n) is 4.51. The van der Waals surface area contributed by atoms with Crippen molar-refractivity contribution in [3.8, 4) is 0 Å². The van der Waals surface area contributed by atoms with E-state index in [9.17, 15) is 9.59 Å². The van der Waals surface area contributed by atoms with Gasteiger partial charge in [0.1, 0.15) is 0 Å². The van der Waals surface area contributed by atoms with Crippen LogP contribution in [-0.2, 0) is 9.59 Å². The Morgan fingerprint density at radius 1 is 0.792 bits per heavy atom. The van der Waals surface area contributed by atoms with Gasteiger partial charge < -0.3 is 0 Å². The number of halogens is 2. The van der Waals surface area contributed by atoms with Crippen LogP contribution in [0, 0.1) is 7.14 Å². The Morgan fingerprint density at radius 2 is 1.21 bits per heavy atom. The fourth-order valence-electron chi connectivity index (χ4n) is 1.61. The Morgan fingerprint density at radius 3 is 1.58 bits per heavy atom. The molecule has 8 heteroatoms. The first-order valence-electron chi connectivity index (χ1n) is 6.72. The van der Waals surface area contributed by atoms with Crippen molar-refractivity contribution >= 4 is 69.4 Å². The zero-order valence-electron chi connectivity index (χ0n) is 12.2. The monoisotopic (exact) mass is 546 g/mol. The fraction of sp³-hybridized carbons (Fsp3) is 0. The summed E-state index contributed by atoms with van der Waals surface area (Å²) >= 11 is 4.35. The van der Waals surface area contributed by atoms with Gasteiger partial charge in [0, 0.05) is 7.14 Å². The SMILES string of the molecule is O=C(N/N=C\c1cccc(I)c1)C(=O)N/N=C\c1cccc(I)c1. The van der Waals surface area contributed by atoms with E-state index < -0.39 is 11.8 Å². The molecular weight excluding hydrogens is 534 g/mol. The summed E-state index contributed by atoms with van der Waals surface area (Å²) in [5.74, 6) is -1.78. The number of carbonyl (C=O) groups is 2. The van der Waals surface area contributed by atoms with Crippen LogP contribution in [0.5, 0.6) is 0 Å². The van der Waals surface area contributed by atoms with Crippen molar-refractivity contribution in [3.63, 3.8) is 0 Å². The van der Waals surface area contributed by atoms with Crippen LogP contribution in [0.25, 0.3) is 0 Å². The number of carbonyl (C=O) groups excluding carboxylic acids is 2. The lowest BCUT2D eigenvalue weighted by atomic mass is 10.2. The van der Waals surface area contributed by atoms with E-state index in [1.807, 2.05) is 48.5 Å². The van der Waals surface area contributed by atoms with E-state index in [0.29, 0.717) is 0 Å². The van der Waals surface area contributed by atoms with Crippen molar-refractivity contribution in [2.75, 3.05) is 0 Å². The molecule has 0 saturated carbocycles. The number of nitrogens with one attached hydrogen (secondary N) is 2. The third kappa shape index (κ3) is 6.35. The molecule has 2 rings (SSSR count). The second kappa shape index (κ2) is 9.47. The summed E-state index contributed by atoms with van der Waals surface area (Å²) in [7, 11) is 0. The predicted octanol–water partition coefficient (Wildman–Crippen LogP) is 2.50. The van der Waals surface area contributed by atoms with E-state index in [1.165, 1.54) is 12.4 Å². The van der Waals surface area contributed by atoms with Crippen LogP contribution in [0.1, 0.15) is 11.1 Å². The lowest BCUT2D eigenvalue weighted by molar-refractivity contribution is -0.139. The maximum absolute atomic E-state index is 11.6. The first-order chi connectivity index (χ1) is 11.5. The van der Waals surface area contributed by atoms with E-state index in [2.05, 4.69) is 66.2 Å². The topological polar surface area (TPSA) is 82.9 Å². The van der Waals surface area contributed by atoms with Gasteiger partial charge in [-0.15, -0.1) is 0 Å². The van der Waals surface area contributed by atoms with Crippen LogP contribution >= 0.6 is 45.2 Å². The number of benzene rings is 2. The van der Waals surface area contributed by atoms with Gasteiger partial charge in [0.05, 0.1) is 12.4 Å². The van der Waals surface area contributed by atoms with Gasteiger partial charge in [-0.2, -0.15) is 10.2 Å². The highest BCUT2D eigenvalue weighted by Gasteiger charge is 2.10. The molecule has 24 heavy (non-hydrogen) atoms. The highest BCUT2D eigenvalue weighted by Crippen LogP contribution is 2.06.